The average molecular weight is 563 g/mol. The third kappa shape index (κ3) is 6.05. The highest BCUT2D eigenvalue weighted by molar-refractivity contribution is 7.89. The van der Waals surface area contributed by atoms with Crippen molar-refractivity contribution < 1.29 is 17.9 Å². The summed E-state index contributed by atoms with van der Waals surface area (Å²) in [5.74, 6) is 0.873. The number of anilines is 2. The molecule has 2 aromatic heterocycles. The molecule has 10 nitrogen and oxygen atoms in total. The molecule has 2 aromatic carbocycles. The molecular weight excluding hydrogens is 528 g/mol. The molecule has 40 heavy (non-hydrogen) atoms. The number of H-pyrrole nitrogens is 1. The summed E-state index contributed by atoms with van der Waals surface area (Å²) in [5, 5.41) is 3.48. The second-order valence-electron chi connectivity index (χ2n) is 9.63. The van der Waals surface area contributed by atoms with Gasteiger partial charge in [0.25, 0.3) is 10.0 Å². The Morgan fingerprint density at radius 2 is 1.75 bits per heavy atom. The number of rotatable bonds is 10. The third-order valence-corrected chi connectivity index (χ3v) is 8.93. The molecule has 2 amide bonds. The summed E-state index contributed by atoms with van der Waals surface area (Å²) in [5.41, 5.74) is 2.19. The molecule has 1 saturated heterocycles. The van der Waals surface area contributed by atoms with Crippen LogP contribution < -0.4 is 15.0 Å². The van der Waals surface area contributed by atoms with Crippen LogP contribution in [0, 0.1) is 0 Å². The highest BCUT2D eigenvalue weighted by Crippen LogP contribution is 2.28. The molecule has 5 rings (SSSR count). The number of pyridine rings is 1. The van der Waals surface area contributed by atoms with E-state index in [0.717, 1.165) is 54.9 Å². The number of ether oxygens (including phenoxy) is 1. The first-order valence-corrected chi connectivity index (χ1v) is 14.8. The van der Waals surface area contributed by atoms with Gasteiger partial charge in [0.05, 0.1) is 23.4 Å². The van der Waals surface area contributed by atoms with Crippen molar-refractivity contribution in [3.05, 3.63) is 79.1 Å². The number of hydrogen-bond acceptors (Lipinski definition) is 7. The van der Waals surface area contributed by atoms with Crippen molar-refractivity contribution in [2.24, 2.45) is 0 Å². The average Bonchev–Trinajstić information content (AvgIpc) is 3.40. The fourth-order valence-corrected chi connectivity index (χ4v) is 6.37. The lowest BCUT2D eigenvalue weighted by molar-refractivity contribution is 0.231. The molecule has 1 aliphatic heterocycles. The summed E-state index contributed by atoms with van der Waals surface area (Å²) >= 11 is 0. The van der Waals surface area contributed by atoms with E-state index in [4.69, 9.17) is 4.74 Å². The maximum Gasteiger partial charge on any atom is 0.335 e. The fourth-order valence-electron chi connectivity index (χ4n) is 4.98. The van der Waals surface area contributed by atoms with Gasteiger partial charge in [0.2, 0.25) is 0 Å². The van der Waals surface area contributed by atoms with E-state index in [-0.39, 0.29) is 11.4 Å². The molecule has 0 radical (unpaired) electrons. The number of piperazine rings is 1. The molecule has 11 heteroatoms. The second-order valence-corrected chi connectivity index (χ2v) is 11.5. The Morgan fingerprint density at radius 3 is 2.52 bits per heavy atom. The van der Waals surface area contributed by atoms with Gasteiger partial charge in [-0.2, -0.15) is 0 Å². The minimum Gasteiger partial charge on any atom is -0.495 e. The Bertz CT molecular complexity index is 1530. The molecule has 1 fully saturated rings. The number of methoxy groups -OCH3 is 1. The molecule has 0 unspecified atom stereocenters. The van der Waals surface area contributed by atoms with Crippen LogP contribution in [0.25, 0.3) is 11.0 Å². The monoisotopic (exact) mass is 562 g/mol. The summed E-state index contributed by atoms with van der Waals surface area (Å²) in [6.45, 7) is 4.48. The molecule has 2 N–H and O–H groups in total. The van der Waals surface area contributed by atoms with Gasteiger partial charge in [-0.3, -0.25) is 4.90 Å². The smallest absolute Gasteiger partial charge is 0.335 e. The summed E-state index contributed by atoms with van der Waals surface area (Å²) in [7, 11) is -2.35. The van der Waals surface area contributed by atoms with Crippen molar-refractivity contribution in [2.45, 2.75) is 17.7 Å². The van der Waals surface area contributed by atoms with E-state index in [2.05, 4.69) is 31.2 Å². The Hall–Kier alpha value is -4.09. The van der Waals surface area contributed by atoms with Gasteiger partial charge in [0.15, 0.2) is 0 Å². The lowest BCUT2D eigenvalue weighted by Crippen LogP contribution is -2.47. The number of hydrogen-bond donors (Lipinski definition) is 2. The van der Waals surface area contributed by atoms with Gasteiger partial charge in [-0.1, -0.05) is 30.3 Å². The van der Waals surface area contributed by atoms with E-state index in [1.807, 2.05) is 24.3 Å². The van der Waals surface area contributed by atoms with Crippen molar-refractivity contribution in [1.29, 1.82) is 0 Å². The summed E-state index contributed by atoms with van der Waals surface area (Å²) in [6.07, 6.45) is 4.57. The lowest BCUT2D eigenvalue weighted by Gasteiger charge is -2.36. The lowest BCUT2D eigenvalue weighted by atomic mass is 10.2. The number of sulfonamides is 1. The number of nitrogens with one attached hydrogen (secondary N) is 2. The van der Waals surface area contributed by atoms with Crippen LogP contribution in [0.1, 0.15) is 12.8 Å². The summed E-state index contributed by atoms with van der Waals surface area (Å²) in [6, 6.07) is 19.0. The zero-order chi connectivity index (χ0) is 28.0. The van der Waals surface area contributed by atoms with Crippen LogP contribution in [0.4, 0.5) is 16.2 Å². The normalized spacial score (nSPS) is 14.3. The van der Waals surface area contributed by atoms with Crippen LogP contribution in [0.15, 0.2) is 84.0 Å². The number of aromatic amines is 1. The largest absolute Gasteiger partial charge is 0.495 e. The minimum absolute atomic E-state index is 0.0743. The summed E-state index contributed by atoms with van der Waals surface area (Å²) in [4.78, 5) is 25.4. The van der Waals surface area contributed by atoms with Crippen molar-refractivity contribution in [1.82, 2.24) is 19.2 Å². The molecule has 0 spiro atoms. The van der Waals surface area contributed by atoms with E-state index < -0.39 is 16.1 Å². The fraction of sp³-hybridized carbons (Fsp3) is 0.310. The van der Waals surface area contributed by atoms with Crippen LogP contribution in [0.3, 0.4) is 0 Å². The van der Waals surface area contributed by atoms with Gasteiger partial charge in [-0.05, 0) is 55.8 Å². The molecule has 3 heterocycles. The molecule has 0 bridgehead atoms. The Kier molecular flexibility index (Phi) is 8.51. The Balaban J connectivity index is 1.20. The van der Waals surface area contributed by atoms with Crippen LogP contribution >= 0.6 is 0 Å². The first-order chi connectivity index (χ1) is 19.5. The Morgan fingerprint density at radius 1 is 1.00 bits per heavy atom. The van der Waals surface area contributed by atoms with E-state index in [1.165, 1.54) is 12.1 Å². The van der Waals surface area contributed by atoms with Gasteiger partial charge in [0.1, 0.15) is 11.4 Å². The number of amides is 2. The summed E-state index contributed by atoms with van der Waals surface area (Å²) < 4.78 is 33.5. The van der Waals surface area contributed by atoms with Crippen molar-refractivity contribution in [2.75, 3.05) is 56.6 Å². The van der Waals surface area contributed by atoms with Crippen LogP contribution in [0.2, 0.25) is 0 Å². The molecule has 4 aromatic rings. The minimum atomic E-state index is -4.04. The first-order valence-electron chi connectivity index (χ1n) is 13.4. The SMILES string of the molecule is COc1ccccc1N1CCN(CCCCN(C(=O)Nc2c[nH]c3ncccc23)S(=O)(=O)c2ccccc2)CC1. The van der Waals surface area contributed by atoms with Gasteiger partial charge < -0.3 is 19.9 Å². The number of benzene rings is 2. The van der Waals surface area contributed by atoms with Crippen molar-refractivity contribution in [3.63, 3.8) is 0 Å². The first kappa shape index (κ1) is 27.5. The zero-order valence-corrected chi connectivity index (χ0v) is 23.3. The second kappa shape index (κ2) is 12.4. The number of urea groups is 1. The molecular formula is C29H34N6O4S. The number of para-hydroxylation sites is 2. The van der Waals surface area contributed by atoms with E-state index >= 15 is 0 Å². The van der Waals surface area contributed by atoms with Crippen LogP contribution in [0.5, 0.6) is 5.75 Å². The number of aromatic nitrogens is 2. The van der Waals surface area contributed by atoms with E-state index in [1.54, 1.807) is 43.8 Å². The molecule has 1 aliphatic rings. The van der Waals surface area contributed by atoms with E-state index in [9.17, 15) is 13.2 Å². The molecule has 0 aliphatic carbocycles. The van der Waals surface area contributed by atoms with Crippen molar-refractivity contribution >= 4 is 38.5 Å². The van der Waals surface area contributed by atoms with Gasteiger partial charge in [-0.25, -0.2) is 22.5 Å². The number of nitrogens with zero attached hydrogens (tertiary/aromatic N) is 4. The number of carbonyl (C=O) groups excluding carboxylic acids is 1. The highest BCUT2D eigenvalue weighted by Gasteiger charge is 2.29. The third-order valence-electron chi connectivity index (χ3n) is 7.13. The van der Waals surface area contributed by atoms with E-state index in [0.29, 0.717) is 23.1 Å². The number of unbranched alkanes of at least 4 members (excludes halogenated alkanes) is 1. The van der Waals surface area contributed by atoms with Gasteiger partial charge in [0, 0.05) is 50.5 Å². The predicted molar refractivity (Wildman–Crippen MR) is 156 cm³/mol. The van der Waals surface area contributed by atoms with Crippen LogP contribution in [-0.4, -0.2) is 80.0 Å². The topological polar surface area (TPSA) is 111 Å². The molecule has 210 valence electrons. The predicted octanol–water partition coefficient (Wildman–Crippen LogP) is 4.40. The van der Waals surface area contributed by atoms with Gasteiger partial charge in [-0.15, -0.1) is 0 Å². The maximum atomic E-state index is 13.5. The number of carbonyl (C=O) groups is 1. The standard InChI is InChI=1S/C29H34N6O4S/c1-39-27-14-6-5-13-26(27)34-20-18-33(19-21-34)16-7-8-17-35(40(37,38)23-10-3-2-4-11-23)29(36)32-25-22-31-28-24(25)12-9-15-30-28/h2-6,9-15,22H,7-8,16-21H2,1H3,(H,30,31)(H,32,36). The number of fused-ring (bicyclic) bond motifs is 1. The Labute approximate surface area is 234 Å². The zero-order valence-electron chi connectivity index (χ0n) is 22.5. The van der Waals surface area contributed by atoms with Crippen molar-refractivity contribution in [3.8, 4) is 5.75 Å². The van der Waals surface area contributed by atoms with Gasteiger partial charge >= 0.3 is 6.03 Å². The highest BCUT2D eigenvalue weighted by atomic mass is 32.2. The molecule has 0 saturated carbocycles. The quantitative estimate of drug-likeness (QED) is 0.276. The van der Waals surface area contributed by atoms with Crippen LogP contribution in [-0.2, 0) is 10.0 Å². The maximum absolute atomic E-state index is 13.5. The molecule has 0 atom stereocenters.